The minimum atomic E-state index is -0.762. The quantitative estimate of drug-likeness (QED) is 0.177. The topological polar surface area (TPSA) is 38.2 Å². The third-order valence-electron chi connectivity index (χ3n) is 11.4. The third kappa shape index (κ3) is 5.30. The van der Waals surface area contributed by atoms with Gasteiger partial charge in [-0.05, 0) is 75.8 Å². The summed E-state index contributed by atoms with van der Waals surface area (Å²) in [4.78, 5) is 13.1. The van der Waals surface area contributed by atoms with Gasteiger partial charge in [0.2, 0.25) is 5.95 Å². The maximum atomic E-state index is 6.77. The SMILES string of the molecule is c1ccc(-c2ccc3c(c2)C2(c4ccccc4Oc4ccccc42)c2cc(-c4ccccc4)ccc2N3c2nc(-c3ccccc3)cc(-c3ccccc3)n2)cc1. The molecular weight excluding hydrogens is 695 g/mol. The summed E-state index contributed by atoms with van der Waals surface area (Å²) in [5.41, 5.74) is 14.0. The van der Waals surface area contributed by atoms with E-state index in [1.54, 1.807) is 0 Å². The van der Waals surface area contributed by atoms with Crippen molar-refractivity contribution in [3.8, 4) is 56.3 Å². The van der Waals surface area contributed by atoms with Gasteiger partial charge in [-0.1, -0.05) is 170 Å². The molecule has 1 spiro atoms. The Labute approximate surface area is 332 Å². The van der Waals surface area contributed by atoms with Crippen LogP contribution >= 0.6 is 0 Å². The van der Waals surface area contributed by atoms with Crippen LogP contribution in [0.4, 0.5) is 17.3 Å². The van der Waals surface area contributed by atoms with Crippen LogP contribution in [-0.4, -0.2) is 9.97 Å². The fourth-order valence-corrected chi connectivity index (χ4v) is 8.80. The number of rotatable bonds is 5. The summed E-state index contributed by atoms with van der Waals surface area (Å²) in [6, 6.07) is 74.9. The van der Waals surface area contributed by atoms with Gasteiger partial charge in [-0.3, -0.25) is 4.90 Å². The molecule has 0 saturated heterocycles. The molecule has 1 aromatic heterocycles. The lowest BCUT2D eigenvalue weighted by Crippen LogP contribution is -2.40. The zero-order chi connectivity index (χ0) is 37.8. The van der Waals surface area contributed by atoms with E-state index in [2.05, 4.69) is 205 Å². The second-order valence-electron chi connectivity index (χ2n) is 14.5. The Bertz CT molecular complexity index is 2730. The zero-order valence-corrected chi connectivity index (χ0v) is 31.0. The summed E-state index contributed by atoms with van der Waals surface area (Å²) >= 11 is 0. The average molecular weight is 730 g/mol. The van der Waals surface area contributed by atoms with Gasteiger partial charge in [0.1, 0.15) is 11.5 Å². The number of aromatic nitrogens is 2. The van der Waals surface area contributed by atoms with Crippen molar-refractivity contribution in [3.63, 3.8) is 0 Å². The minimum Gasteiger partial charge on any atom is -0.457 e. The second kappa shape index (κ2) is 13.3. The normalized spacial score (nSPS) is 13.2. The van der Waals surface area contributed by atoms with Gasteiger partial charge in [0.05, 0.1) is 28.2 Å². The van der Waals surface area contributed by atoms with Crippen LogP contribution in [0.2, 0.25) is 0 Å². The van der Waals surface area contributed by atoms with E-state index in [9.17, 15) is 0 Å². The molecule has 0 aliphatic carbocycles. The number of benzene rings is 8. The molecule has 2 aliphatic rings. The number of ether oxygens (including phenoxy) is 1. The first kappa shape index (κ1) is 32.8. The molecule has 2 aliphatic heterocycles. The predicted molar refractivity (Wildman–Crippen MR) is 230 cm³/mol. The molecule has 0 saturated carbocycles. The van der Waals surface area contributed by atoms with Crippen molar-refractivity contribution < 1.29 is 4.74 Å². The van der Waals surface area contributed by atoms with E-state index in [0.717, 1.165) is 89.9 Å². The fourth-order valence-electron chi connectivity index (χ4n) is 8.80. The van der Waals surface area contributed by atoms with Gasteiger partial charge in [-0.25, -0.2) is 9.97 Å². The highest BCUT2D eigenvalue weighted by Gasteiger charge is 2.52. The van der Waals surface area contributed by atoms with Crippen LogP contribution in [0.1, 0.15) is 22.3 Å². The highest BCUT2D eigenvalue weighted by Crippen LogP contribution is 2.63. The van der Waals surface area contributed by atoms with Gasteiger partial charge in [0.25, 0.3) is 0 Å². The maximum absolute atomic E-state index is 6.77. The van der Waals surface area contributed by atoms with E-state index in [4.69, 9.17) is 14.7 Å². The van der Waals surface area contributed by atoms with Crippen molar-refractivity contribution in [2.45, 2.75) is 5.41 Å². The molecule has 11 rings (SSSR count). The third-order valence-corrected chi connectivity index (χ3v) is 11.4. The Balaban J connectivity index is 1.28. The Morgan fingerprint density at radius 2 is 0.719 bits per heavy atom. The highest BCUT2D eigenvalue weighted by atomic mass is 16.5. The highest BCUT2D eigenvalue weighted by molar-refractivity contribution is 5.93. The summed E-state index contributed by atoms with van der Waals surface area (Å²) in [5, 5.41) is 0. The van der Waals surface area contributed by atoms with E-state index in [1.807, 2.05) is 12.1 Å². The molecule has 0 radical (unpaired) electrons. The number of fused-ring (bicyclic) bond motifs is 8. The number of hydrogen-bond acceptors (Lipinski definition) is 4. The molecule has 0 N–H and O–H groups in total. The minimum absolute atomic E-state index is 0.598. The number of hydrogen-bond donors (Lipinski definition) is 0. The zero-order valence-electron chi connectivity index (χ0n) is 31.0. The van der Waals surface area contributed by atoms with Crippen LogP contribution in [0.3, 0.4) is 0 Å². The van der Waals surface area contributed by atoms with Crippen LogP contribution in [0.15, 0.2) is 212 Å². The van der Waals surface area contributed by atoms with Crippen LogP contribution in [-0.2, 0) is 5.41 Å². The van der Waals surface area contributed by atoms with Crippen molar-refractivity contribution in [2.75, 3.05) is 4.90 Å². The average Bonchev–Trinajstić information content (AvgIpc) is 3.29. The molecule has 0 fully saturated rings. The maximum Gasteiger partial charge on any atom is 0.235 e. The van der Waals surface area contributed by atoms with E-state index in [0.29, 0.717) is 5.95 Å². The Morgan fingerprint density at radius 1 is 0.333 bits per heavy atom. The molecule has 57 heavy (non-hydrogen) atoms. The monoisotopic (exact) mass is 729 g/mol. The first-order valence-corrected chi connectivity index (χ1v) is 19.3. The van der Waals surface area contributed by atoms with E-state index < -0.39 is 5.41 Å². The molecule has 9 aromatic rings. The number of para-hydroxylation sites is 2. The van der Waals surface area contributed by atoms with Gasteiger partial charge >= 0.3 is 0 Å². The Morgan fingerprint density at radius 3 is 1.16 bits per heavy atom. The Hall–Kier alpha value is -7.56. The number of nitrogens with zero attached hydrogens (tertiary/aromatic N) is 3. The first-order valence-electron chi connectivity index (χ1n) is 19.3. The fraction of sp³-hybridized carbons (Fsp3) is 0.0189. The lowest BCUT2D eigenvalue weighted by atomic mass is 9.60. The second-order valence-corrected chi connectivity index (χ2v) is 14.5. The summed E-state index contributed by atoms with van der Waals surface area (Å²) in [6.45, 7) is 0. The molecule has 0 bridgehead atoms. The number of anilines is 3. The van der Waals surface area contributed by atoms with Crippen molar-refractivity contribution >= 4 is 17.3 Å². The van der Waals surface area contributed by atoms with Crippen molar-refractivity contribution in [1.29, 1.82) is 0 Å². The predicted octanol–water partition coefficient (Wildman–Crippen LogP) is 13.4. The van der Waals surface area contributed by atoms with Crippen LogP contribution in [0.5, 0.6) is 11.5 Å². The van der Waals surface area contributed by atoms with E-state index in [-0.39, 0.29) is 0 Å². The van der Waals surface area contributed by atoms with Gasteiger partial charge in [-0.15, -0.1) is 0 Å². The molecule has 268 valence electrons. The molecule has 0 atom stereocenters. The molecule has 8 aromatic carbocycles. The van der Waals surface area contributed by atoms with Gasteiger partial charge in [0.15, 0.2) is 0 Å². The smallest absolute Gasteiger partial charge is 0.235 e. The summed E-state index contributed by atoms with van der Waals surface area (Å²) in [7, 11) is 0. The molecular formula is C53H35N3O. The summed E-state index contributed by atoms with van der Waals surface area (Å²) in [5.74, 6) is 2.28. The molecule has 3 heterocycles. The molecule has 0 unspecified atom stereocenters. The van der Waals surface area contributed by atoms with E-state index in [1.165, 1.54) is 0 Å². The van der Waals surface area contributed by atoms with Crippen LogP contribution in [0, 0.1) is 0 Å². The summed E-state index contributed by atoms with van der Waals surface area (Å²) in [6.07, 6.45) is 0. The first-order chi connectivity index (χ1) is 28.3. The van der Waals surface area contributed by atoms with Gasteiger partial charge in [0, 0.05) is 22.3 Å². The Kier molecular flexibility index (Phi) is 7.68. The van der Waals surface area contributed by atoms with Crippen molar-refractivity contribution in [3.05, 3.63) is 235 Å². The molecule has 4 nitrogen and oxygen atoms in total. The van der Waals surface area contributed by atoms with Crippen LogP contribution in [0.25, 0.3) is 44.8 Å². The largest absolute Gasteiger partial charge is 0.457 e. The lowest BCUT2D eigenvalue weighted by Gasteiger charge is -2.48. The van der Waals surface area contributed by atoms with Gasteiger partial charge < -0.3 is 4.74 Å². The van der Waals surface area contributed by atoms with Crippen LogP contribution < -0.4 is 9.64 Å². The lowest BCUT2D eigenvalue weighted by molar-refractivity contribution is 0.434. The van der Waals surface area contributed by atoms with Crippen molar-refractivity contribution in [1.82, 2.24) is 9.97 Å². The standard InChI is InChI=1S/C53H35N3O/c1-5-17-36(18-6-1)40-29-31-48-44(33-40)53(42-25-13-15-27-50(42)57-51-28-16-14-26-43(51)53)45-34-41(37-19-7-2-8-20-37)30-32-49(45)56(48)52-54-46(38-21-9-3-10-22-38)35-47(55-52)39-23-11-4-12-24-39/h1-35H. The van der Waals surface area contributed by atoms with Gasteiger partial charge in [-0.2, -0.15) is 0 Å². The summed E-state index contributed by atoms with van der Waals surface area (Å²) < 4.78 is 6.77. The molecule has 0 amide bonds. The van der Waals surface area contributed by atoms with Crippen molar-refractivity contribution in [2.24, 2.45) is 0 Å². The van der Waals surface area contributed by atoms with E-state index >= 15 is 0 Å². The molecule has 4 heteroatoms.